The van der Waals surface area contributed by atoms with E-state index in [1.807, 2.05) is 39.8 Å². The lowest BCUT2D eigenvalue weighted by Gasteiger charge is -2.36. The van der Waals surface area contributed by atoms with Gasteiger partial charge in [0.15, 0.2) is 0 Å². The highest BCUT2D eigenvalue weighted by molar-refractivity contribution is 5.97. The van der Waals surface area contributed by atoms with Gasteiger partial charge >= 0.3 is 0 Å². The van der Waals surface area contributed by atoms with Gasteiger partial charge in [-0.25, -0.2) is 0 Å². The van der Waals surface area contributed by atoms with Gasteiger partial charge in [-0.15, -0.1) is 0 Å². The minimum atomic E-state index is -0.153. The van der Waals surface area contributed by atoms with Gasteiger partial charge in [-0.05, 0) is 82.3 Å². The van der Waals surface area contributed by atoms with Crippen LogP contribution in [0.1, 0.15) is 58.1 Å². The summed E-state index contributed by atoms with van der Waals surface area (Å²) in [5, 5.41) is 2.95. The normalized spacial score (nSPS) is 14.6. The Kier molecular flexibility index (Phi) is 6.98. The maximum absolute atomic E-state index is 13.1. The number of ether oxygens (including phenoxy) is 1. The topological polar surface area (TPSA) is 74.4 Å². The van der Waals surface area contributed by atoms with E-state index >= 15 is 0 Å². The van der Waals surface area contributed by atoms with Crippen molar-refractivity contribution in [2.45, 2.75) is 60.0 Å². The van der Waals surface area contributed by atoms with Crippen LogP contribution in [0.25, 0.3) is 0 Å². The van der Waals surface area contributed by atoms with Crippen LogP contribution in [-0.4, -0.2) is 36.7 Å². The maximum atomic E-state index is 13.1. The number of H-pyrrole nitrogens is 1. The van der Waals surface area contributed by atoms with Gasteiger partial charge < -0.3 is 19.9 Å². The Balaban J connectivity index is 1.85. The van der Waals surface area contributed by atoms with Crippen molar-refractivity contribution >= 4 is 11.6 Å². The van der Waals surface area contributed by atoms with Gasteiger partial charge in [-0.3, -0.25) is 9.59 Å². The molecule has 0 atom stereocenters. The molecule has 3 rings (SSSR count). The van der Waals surface area contributed by atoms with Gasteiger partial charge in [-0.1, -0.05) is 0 Å². The monoisotopic (exact) mass is 411 g/mol. The molecule has 1 aliphatic heterocycles. The second-order valence-electron chi connectivity index (χ2n) is 8.21. The smallest absolute Gasteiger partial charge is 0.253 e. The third-order valence-electron chi connectivity index (χ3n) is 5.97. The van der Waals surface area contributed by atoms with Gasteiger partial charge in [-0.2, -0.15) is 0 Å². The number of aromatic amines is 1. The number of pyridine rings is 1. The van der Waals surface area contributed by atoms with Crippen LogP contribution in [0.2, 0.25) is 0 Å². The number of rotatable bonds is 6. The molecule has 0 radical (unpaired) electrons. The molecule has 1 aromatic heterocycles. The summed E-state index contributed by atoms with van der Waals surface area (Å²) in [7, 11) is 0. The number of nitrogens with zero attached hydrogens (tertiary/aromatic N) is 1. The third kappa shape index (κ3) is 4.75. The first-order valence-corrected chi connectivity index (χ1v) is 10.7. The average molecular weight is 412 g/mol. The second kappa shape index (κ2) is 9.47. The first-order valence-electron chi connectivity index (χ1n) is 10.7. The van der Waals surface area contributed by atoms with E-state index in [0.717, 1.165) is 60.7 Å². The zero-order chi connectivity index (χ0) is 21.8. The Morgan fingerprint density at radius 3 is 2.50 bits per heavy atom. The molecule has 1 aliphatic rings. The van der Waals surface area contributed by atoms with Crippen molar-refractivity contribution in [1.29, 1.82) is 0 Å². The van der Waals surface area contributed by atoms with Crippen LogP contribution in [0.15, 0.2) is 23.0 Å². The molecule has 1 amide bonds. The number of amides is 1. The van der Waals surface area contributed by atoms with Crippen LogP contribution < -0.4 is 15.8 Å². The number of anilines is 1. The highest BCUT2D eigenvalue weighted by atomic mass is 16.5. The minimum Gasteiger partial charge on any atom is -0.381 e. The van der Waals surface area contributed by atoms with Gasteiger partial charge in [0.2, 0.25) is 0 Å². The maximum Gasteiger partial charge on any atom is 0.253 e. The Bertz CT molecular complexity index is 974. The van der Waals surface area contributed by atoms with E-state index in [-0.39, 0.29) is 18.0 Å². The quantitative estimate of drug-likeness (QED) is 0.762. The van der Waals surface area contributed by atoms with Crippen LogP contribution in [-0.2, 0) is 11.3 Å². The SMILES string of the molecule is CCN(c1cc(C)cc(C(=O)NCc2c(C)cc(C)[nH]c2=O)c1C)C1CCOCC1. The van der Waals surface area contributed by atoms with E-state index in [1.54, 1.807) is 0 Å². The van der Waals surface area contributed by atoms with Crippen molar-refractivity contribution in [3.05, 3.63) is 62.1 Å². The summed E-state index contributed by atoms with van der Waals surface area (Å²) in [6.45, 7) is 12.6. The third-order valence-corrected chi connectivity index (χ3v) is 5.97. The lowest BCUT2D eigenvalue weighted by atomic mass is 9.98. The lowest BCUT2D eigenvalue weighted by Crippen LogP contribution is -2.40. The predicted molar refractivity (Wildman–Crippen MR) is 120 cm³/mol. The largest absolute Gasteiger partial charge is 0.381 e. The molecule has 162 valence electrons. The summed E-state index contributed by atoms with van der Waals surface area (Å²) in [6, 6.07) is 6.44. The predicted octanol–water partition coefficient (Wildman–Crippen LogP) is 3.54. The van der Waals surface area contributed by atoms with Gasteiger partial charge in [0.1, 0.15) is 0 Å². The first-order chi connectivity index (χ1) is 14.3. The van der Waals surface area contributed by atoms with E-state index in [2.05, 4.69) is 28.2 Å². The first kappa shape index (κ1) is 22.1. The summed E-state index contributed by atoms with van der Waals surface area (Å²) in [5.74, 6) is -0.153. The van der Waals surface area contributed by atoms with Crippen LogP contribution in [0, 0.1) is 27.7 Å². The molecule has 1 saturated heterocycles. The van der Waals surface area contributed by atoms with Gasteiger partial charge in [0.25, 0.3) is 11.5 Å². The summed E-state index contributed by atoms with van der Waals surface area (Å²) in [5.41, 5.74) is 5.95. The molecule has 0 bridgehead atoms. The van der Waals surface area contributed by atoms with E-state index in [9.17, 15) is 9.59 Å². The summed E-state index contributed by atoms with van der Waals surface area (Å²) < 4.78 is 5.53. The number of nitrogens with one attached hydrogen (secondary N) is 2. The number of hydrogen-bond acceptors (Lipinski definition) is 4. The molecule has 0 spiro atoms. The van der Waals surface area contributed by atoms with Crippen molar-refractivity contribution in [3.8, 4) is 0 Å². The van der Waals surface area contributed by atoms with Gasteiger partial charge in [0, 0.05) is 54.9 Å². The summed E-state index contributed by atoms with van der Waals surface area (Å²) in [4.78, 5) is 30.5. The standard InChI is InChI=1S/C24H33N3O3/c1-6-27(19-7-9-30-10-8-19)22-12-15(2)11-20(18(22)5)23(28)25-14-21-16(3)13-17(4)26-24(21)29/h11-13,19H,6-10,14H2,1-5H3,(H,25,28)(H,26,29). The Labute approximate surface area is 178 Å². The number of carbonyl (C=O) groups excluding carboxylic acids is 1. The van der Waals surface area contributed by atoms with Crippen molar-refractivity contribution in [2.75, 3.05) is 24.7 Å². The Hall–Kier alpha value is -2.60. The van der Waals surface area contributed by atoms with Crippen LogP contribution >= 0.6 is 0 Å². The lowest BCUT2D eigenvalue weighted by molar-refractivity contribution is 0.0845. The molecule has 2 heterocycles. The molecule has 2 aromatic rings. The number of aryl methyl sites for hydroxylation is 3. The molecule has 6 heteroatoms. The molecule has 0 unspecified atom stereocenters. The van der Waals surface area contributed by atoms with Gasteiger partial charge in [0.05, 0.1) is 0 Å². The fourth-order valence-electron chi connectivity index (χ4n) is 4.36. The number of benzene rings is 1. The molecule has 6 nitrogen and oxygen atoms in total. The Morgan fingerprint density at radius 1 is 1.17 bits per heavy atom. The van der Waals surface area contributed by atoms with Crippen molar-refractivity contribution in [3.63, 3.8) is 0 Å². The van der Waals surface area contributed by atoms with E-state index < -0.39 is 0 Å². The van der Waals surface area contributed by atoms with E-state index in [4.69, 9.17) is 4.74 Å². The van der Waals surface area contributed by atoms with Crippen LogP contribution in [0.5, 0.6) is 0 Å². The number of hydrogen-bond donors (Lipinski definition) is 2. The molecule has 2 N–H and O–H groups in total. The minimum absolute atomic E-state index is 0.147. The molecular formula is C24H33N3O3. The summed E-state index contributed by atoms with van der Waals surface area (Å²) >= 11 is 0. The zero-order valence-electron chi connectivity index (χ0n) is 18.7. The molecule has 1 aromatic carbocycles. The zero-order valence-corrected chi connectivity index (χ0v) is 18.7. The number of aromatic nitrogens is 1. The molecule has 30 heavy (non-hydrogen) atoms. The fraction of sp³-hybridized carbons (Fsp3) is 0.500. The molecule has 1 fully saturated rings. The Morgan fingerprint density at radius 2 is 1.87 bits per heavy atom. The highest BCUT2D eigenvalue weighted by Crippen LogP contribution is 2.29. The molecule has 0 aliphatic carbocycles. The van der Waals surface area contributed by atoms with Crippen LogP contribution in [0.4, 0.5) is 5.69 Å². The van der Waals surface area contributed by atoms with Crippen LogP contribution in [0.3, 0.4) is 0 Å². The average Bonchev–Trinajstić information content (AvgIpc) is 2.70. The van der Waals surface area contributed by atoms with E-state index in [0.29, 0.717) is 17.2 Å². The molecular weight excluding hydrogens is 378 g/mol. The van der Waals surface area contributed by atoms with Crippen molar-refractivity contribution in [1.82, 2.24) is 10.3 Å². The van der Waals surface area contributed by atoms with Crippen molar-refractivity contribution < 1.29 is 9.53 Å². The molecule has 0 saturated carbocycles. The highest BCUT2D eigenvalue weighted by Gasteiger charge is 2.24. The number of carbonyl (C=O) groups is 1. The second-order valence-corrected chi connectivity index (χ2v) is 8.21. The fourth-order valence-corrected chi connectivity index (χ4v) is 4.36. The van der Waals surface area contributed by atoms with Crippen molar-refractivity contribution in [2.24, 2.45) is 0 Å². The van der Waals surface area contributed by atoms with E-state index in [1.165, 1.54) is 0 Å². The summed E-state index contributed by atoms with van der Waals surface area (Å²) in [6.07, 6.45) is 2.00.